The van der Waals surface area contributed by atoms with E-state index in [0.29, 0.717) is 12.2 Å². The van der Waals surface area contributed by atoms with Crippen LogP contribution >= 0.6 is 0 Å². The summed E-state index contributed by atoms with van der Waals surface area (Å²) in [5.41, 5.74) is 3.12. The average molecular weight is 427 g/mol. The fraction of sp³-hybridized carbons (Fsp3) is 0.348. The SMILES string of the molecule is Cc1cc2cc(CN(C[C@@H]3CCCO3)S(=O)(=O)c3ccccc3)c(=O)[nH]c2cc1C. The fourth-order valence-electron chi connectivity index (χ4n) is 3.83. The molecule has 0 saturated carbocycles. The van der Waals surface area contributed by atoms with Crippen molar-refractivity contribution in [3.63, 3.8) is 0 Å². The summed E-state index contributed by atoms with van der Waals surface area (Å²) in [4.78, 5) is 15.9. The monoisotopic (exact) mass is 426 g/mol. The molecule has 1 atom stereocenters. The van der Waals surface area contributed by atoms with Gasteiger partial charge in [-0.3, -0.25) is 4.79 Å². The van der Waals surface area contributed by atoms with Crippen LogP contribution in [0.4, 0.5) is 0 Å². The van der Waals surface area contributed by atoms with E-state index in [4.69, 9.17) is 4.74 Å². The number of aromatic nitrogens is 1. The first-order chi connectivity index (χ1) is 14.3. The van der Waals surface area contributed by atoms with Crippen LogP contribution in [-0.2, 0) is 21.3 Å². The van der Waals surface area contributed by atoms with Crippen LogP contribution in [0.15, 0.2) is 58.2 Å². The molecule has 0 spiro atoms. The number of hydrogen-bond acceptors (Lipinski definition) is 4. The molecule has 0 bridgehead atoms. The Morgan fingerprint density at radius 1 is 1.10 bits per heavy atom. The Bertz CT molecular complexity index is 1210. The van der Waals surface area contributed by atoms with Crippen LogP contribution in [-0.4, -0.2) is 37.0 Å². The number of ether oxygens (including phenoxy) is 1. The topological polar surface area (TPSA) is 79.5 Å². The van der Waals surface area contributed by atoms with E-state index in [2.05, 4.69) is 4.98 Å². The number of nitrogens with one attached hydrogen (secondary N) is 1. The summed E-state index contributed by atoms with van der Waals surface area (Å²) < 4.78 is 33.8. The molecule has 1 saturated heterocycles. The van der Waals surface area contributed by atoms with Gasteiger partial charge in [-0.1, -0.05) is 18.2 Å². The lowest BCUT2D eigenvalue weighted by molar-refractivity contribution is 0.0925. The minimum Gasteiger partial charge on any atom is -0.377 e. The highest BCUT2D eigenvalue weighted by atomic mass is 32.2. The number of sulfonamides is 1. The first-order valence-corrected chi connectivity index (χ1v) is 11.6. The Morgan fingerprint density at radius 3 is 2.53 bits per heavy atom. The van der Waals surface area contributed by atoms with Gasteiger partial charge in [0.25, 0.3) is 5.56 Å². The summed E-state index contributed by atoms with van der Waals surface area (Å²) in [6.45, 7) is 4.87. The Labute approximate surface area is 176 Å². The highest BCUT2D eigenvalue weighted by molar-refractivity contribution is 7.89. The predicted octanol–water partition coefficient (Wildman–Crippen LogP) is 3.51. The van der Waals surface area contributed by atoms with Gasteiger partial charge in [-0.15, -0.1) is 0 Å². The molecule has 4 rings (SSSR count). The summed E-state index contributed by atoms with van der Waals surface area (Å²) >= 11 is 0. The molecule has 0 amide bonds. The van der Waals surface area contributed by atoms with Gasteiger partial charge < -0.3 is 9.72 Å². The Morgan fingerprint density at radius 2 is 1.83 bits per heavy atom. The van der Waals surface area contributed by atoms with E-state index >= 15 is 0 Å². The summed E-state index contributed by atoms with van der Waals surface area (Å²) in [7, 11) is -3.77. The second kappa shape index (κ2) is 8.34. The number of nitrogens with zero attached hydrogens (tertiary/aromatic N) is 1. The lowest BCUT2D eigenvalue weighted by Crippen LogP contribution is -2.38. The van der Waals surface area contributed by atoms with Gasteiger partial charge in [-0.2, -0.15) is 4.31 Å². The Kier molecular flexibility index (Phi) is 5.77. The molecule has 158 valence electrons. The molecule has 1 N–H and O–H groups in total. The van der Waals surface area contributed by atoms with Crippen molar-refractivity contribution in [1.29, 1.82) is 0 Å². The van der Waals surface area contributed by atoms with Gasteiger partial charge in [0, 0.05) is 30.8 Å². The van der Waals surface area contributed by atoms with Gasteiger partial charge >= 0.3 is 0 Å². The molecule has 0 unspecified atom stereocenters. The van der Waals surface area contributed by atoms with E-state index in [9.17, 15) is 13.2 Å². The molecule has 2 aromatic carbocycles. The summed E-state index contributed by atoms with van der Waals surface area (Å²) in [6.07, 6.45) is 1.57. The minimum atomic E-state index is -3.77. The number of rotatable bonds is 6. The smallest absolute Gasteiger partial charge is 0.252 e. The summed E-state index contributed by atoms with van der Waals surface area (Å²) in [5, 5.41) is 0.891. The van der Waals surface area contributed by atoms with Crippen molar-refractivity contribution >= 4 is 20.9 Å². The Balaban J connectivity index is 1.73. The zero-order valence-electron chi connectivity index (χ0n) is 17.2. The lowest BCUT2D eigenvalue weighted by Gasteiger charge is -2.25. The summed E-state index contributed by atoms with van der Waals surface area (Å²) in [5.74, 6) is 0. The van der Waals surface area contributed by atoms with Crippen molar-refractivity contribution in [3.05, 3.63) is 75.6 Å². The second-order valence-electron chi connectivity index (χ2n) is 7.89. The average Bonchev–Trinajstić information content (AvgIpc) is 3.23. The van der Waals surface area contributed by atoms with E-state index in [-0.39, 0.29) is 29.6 Å². The van der Waals surface area contributed by atoms with Gasteiger partial charge in [0.15, 0.2) is 0 Å². The van der Waals surface area contributed by atoms with Crippen molar-refractivity contribution in [2.75, 3.05) is 13.2 Å². The molecular formula is C23H26N2O4S. The standard InChI is InChI=1S/C23H26N2O4S/c1-16-11-18-13-19(23(26)24-22(18)12-17(16)2)14-25(15-20-7-6-10-29-20)30(27,28)21-8-4-3-5-9-21/h3-5,8-9,11-13,20H,6-7,10,14-15H2,1-2H3,(H,24,26)/t20-/m0/s1. The number of hydrogen-bond donors (Lipinski definition) is 1. The number of fused-ring (bicyclic) bond motifs is 1. The lowest BCUT2D eigenvalue weighted by atomic mass is 10.0. The van der Waals surface area contributed by atoms with Crippen LogP contribution in [0.1, 0.15) is 29.5 Å². The maximum atomic E-state index is 13.4. The molecular weight excluding hydrogens is 400 g/mol. The molecule has 1 aliphatic rings. The quantitative estimate of drug-likeness (QED) is 0.654. The molecule has 3 aromatic rings. The molecule has 6 nitrogen and oxygen atoms in total. The first kappa shape index (κ1) is 20.8. The van der Waals surface area contributed by atoms with Gasteiger partial charge in [-0.25, -0.2) is 8.42 Å². The number of aryl methyl sites for hydroxylation is 2. The van der Waals surface area contributed by atoms with E-state index < -0.39 is 10.0 Å². The second-order valence-corrected chi connectivity index (χ2v) is 9.83. The molecule has 1 aromatic heterocycles. The molecule has 1 aliphatic heterocycles. The third-order valence-electron chi connectivity index (χ3n) is 5.69. The predicted molar refractivity (Wildman–Crippen MR) is 117 cm³/mol. The van der Waals surface area contributed by atoms with Crippen molar-refractivity contribution in [2.45, 2.75) is 44.2 Å². The van der Waals surface area contributed by atoms with E-state index in [1.165, 1.54) is 4.31 Å². The van der Waals surface area contributed by atoms with E-state index in [0.717, 1.165) is 34.9 Å². The third kappa shape index (κ3) is 4.19. The first-order valence-electron chi connectivity index (χ1n) is 10.1. The molecule has 30 heavy (non-hydrogen) atoms. The van der Waals surface area contributed by atoms with Crippen molar-refractivity contribution in [1.82, 2.24) is 9.29 Å². The zero-order chi connectivity index (χ0) is 21.3. The van der Waals surface area contributed by atoms with Gasteiger partial charge in [0.2, 0.25) is 10.0 Å². The molecule has 7 heteroatoms. The summed E-state index contributed by atoms with van der Waals surface area (Å²) in [6, 6.07) is 14.1. The number of benzene rings is 2. The van der Waals surface area contributed by atoms with Crippen LogP contribution in [0.25, 0.3) is 10.9 Å². The fourth-order valence-corrected chi connectivity index (χ4v) is 5.30. The third-order valence-corrected chi connectivity index (χ3v) is 7.52. The minimum absolute atomic E-state index is 0.00468. The number of pyridine rings is 1. The van der Waals surface area contributed by atoms with Crippen molar-refractivity contribution in [2.24, 2.45) is 0 Å². The molecule has 2 heterocycles. The van der Waals surface area contributed by atoms with Gasteiger partial charge in [0.05, 0.1) is 11.0 Å². The van der Waals surface area contributed by atoms with Crippen LogP contribution < -0.4 is 5.56 Å². The van der Waals surface area contributed by atoms with Crippen LogP contribution in [0.3, 0.4) is 0 Å². The van der Waals surface area contributed by atoms with Gasteiger partial charge in [0.1, 0.15) is 0 Å². The number of aromatic amines is 1. The van der Waals surface area contributed by atoms with Gasteiger partial charge in [-0.05, 0) is 73.5 Å². The molecule has 1 fully saturated rings. The van der Waals surface area contributed by atoms with Crippen LogP contribution in [0.2, 0.25) is 0 Å². The maximum absolute atomic E-state index is 13.4. The highest BCUT2D eigenvalue weighted by Gasteiger charge is 2.29. The van der Waals surface area contributed by atoms with Crippen molar-refractivity contribution in [3.8, 4) is 0 Å². The normalized spacial score (nSPS) is 17.1. The molecule has 0 aliphatic carbocycles. The van der Waals surface area contributed by atoms with Crippen molar-refractivity contribution < 1.29 is 13.2 Å². The molecule has 0 radical (unpaired) electrons. The van der Waals surface area contributed by atoms with Crippen LogP contribution in [0, 0.1) is 13.8 Å². The van der Waals surface area contributed by atoms with E-state index in [1.807, 2.05) is 26.0 Å². The number of H-pyrrole nitrogens is 1. The van der Waals surface area contributed by atoms with E-state index in [1.54, 1.807) is 36.4 Å². The largest absolute Gasteiger partial charge is 0.377 e. The maximum Gasteiger partial charge on any atom is 0.252 e. The highest BCUT2D eigenvalue weighted by Crippen LogP contribution is 2.23. The zero-order valence-corrected chi connectivity index (χ0v) is 18.0. The van der Waals surface area contributed by atoms with Crippen LogP contribution in [0.5, 0.6) is 0 Å². The Hall–Kier alpha value is -2.48.